The Morgan fingerprint density at radius 2 is 2.05 bits per heavy atom. The van der Waals surface area contributed by atoms with Gasteiger partial charge in [0.15, 0.2) is 0 Å². The van der Waals surface area contributed by atoms with Crippen LogP contribution in [0.5, 0.6) is 0 Å². The molecule has 2 atom stereocenters. The summed E-state index contributed by atoms with van der Waals surface area (Å²) < 4.78 is 33.5. The zero-order chi connectivity index (χ0) is 15.2. The summed E-state index contributed by atoms with van der Waals surface area (Å²) in [4.78, 5) is 0.0358. The van der Waals surface area contributed by atoms with Crippen molar-refractivity contribution in [2.75, 3.05) is 12.3 Å². The first kappa shape index (κ1) is 15.1. The standard InChI is InChI=1S/C14H19ClN2O3S/c1-8-6-10(15)13(7-11(8)16)21(18,19)17-12-4-5-20-14(12)9-2-3-9/h6-7,9,12,14,17H,2-5,16H2,1H3. The molecule has 3 rings (SSSR count). The predicted octanol–water partition coefficient (Wildman–Crippen LogP) is 2.08. The van der Waals surface area contributed by atoms with Crippen LogP contribution in [-0.4, -0.2) is 27.2 Å². The summed E-state index contributed by atoms with van der Waals surface area (Å²) in [6, 6.07) is 2.82. The average Bonchev–Trinajstić information content (AvgIpc) is 3.14. The van der Waals surface area contributed by atoms with Gasteiger partial charge >= 0.3 is 0 Å². The highest BCUT2D eigenvalue weighted by atomic mass is 35.5. The normalized spacial score (nSPS) is 26.2. The highest BCUT2D eigenvalue weighted by Crippen LogP contribution is 2.39. The van der Waals surface area contributed by atoms with Crippen molar-refractivity contribution in [2.45, 2.75) is 43.2 Å². The second kappa shape index (κ2) is 5.43. The number of anilines is 1. The van der Waals surface area contributed by atoms with Gasteiger partial charge in [0.1, 0.15) is 4.90 Å². The van der Waals surface area contributed by atoms with E-state index in [4.69, 9.17) is 22.1 Å². The average molecular weight is 331 g/mol. The lowest BCUT2D eigenvalue weighted by molar-refractivity contribution is 0.0848. The molecule has 2 fully saturated rings. The fraction of sp³-hybridized carbons (Fsp3) is 0.571. The number of nitrogen functional groups attached to an aromatic ring is 1. The second-order valence-corrected chi connectivity index (χ2v) is 7.92. The third-order valence-electron chi connectivity index (χ3n) is 4.14. The number of nitrogens with one attached hydrogen (secondary N) is 1. The predicted molar refractivity (Wildman–Crippen MR) is 81.8 cm³/mol. The smallest absolute Gasteiger partial charge is 0.242 e. The van der Waals surface area contributed by atoms with Gasteiger partial charge in [-0.2, -0.15) is 0 Å². The van der Waals surface area contributed by atoms with Crippen LogP contribution < -0.4 is 10.5 Å². The largest absolute Gasteiger partial charge is 0.398 e. The Hall–Kier alpha value is -0.820. The number of benzene rings is 1. The first-order chi connectivity index (χ1) is 9.88. The van der Waals surface area contributed by atoms with Crippen LogP contribution >= 0.6 is 11.6 Å². The van der Waals surface area contributed by atoms with E-state index in [1.165, 1.54) is 6.07 Å². The Labute approximate surface area is 129 Å². The molecule has 1 aliphatic heterocycles. The van der Waals surface area contributed by atoms with E-state index in [9.17, 15) is 8.42 Å². The topological polar surface area (TPSA) is 81.4 Å². The first-order valence-corrected chi connectivity index (χ1v) is 8.94. The molecule has 0 amide bonds. The Balaban J connectivity index is 1.85. The molecule has 1 aliphatic carbocycles. The molecule has 2 unspecified atom stereocenters. The van der Waals surface area contributed by atoms with E-state index in [-0.39, 0.29) is 22.1 Å². The molecule has 7 heteroatoms. The van der Waals surface area contributed by atoms with Gasteiger partial charge in [-0.3, -0.25) is 0 Å². The molecule has 0 spiro atoms. The van der Waals surface area contributed by atoms with Crippen LogP contribution in [0.3, 0.4) is 0 Å². The molecular weight excluding hydrogens is 312 g/mol. The lowest BCUT2D eigenvalue weighted by Gasteiger charge is -2.20. The van der Waals surface area contributed by atoms with Crippen LogP contribution in [0.2, 0.25) is 5.02 Å². The summed E-state index contributed by atoms with van der Waals surface area (Å²) in [6.45, 7) is 2.39. The summed E-state index contributed by atoms with van der Waals surface area (Å²) in [5.74, 6) is 0.485. The van der Waals surface area contributed by atoms with Crippen molar-refractivity contribution >= 4 is 27.3 Å². The van der Waals surface area contributed by atoms with Gasteiger partial charge in [-0.25, -0.2) is 13.1 Å². The quantitative estimate of drug-likeness (QED) is 0.828. The molecule has 1 aromatic carbocycles. The van der Waals surface area contributed by atoms with E-state index in [1.807, 2.05) is 0 Å². The van der Waals surface area contributed by atoms with Gasteiger partial charge in [-0.15, -0.1) is 0 Å². The van der Waals surface area contributed by atoms with Gasteiger partial charge < -0.3 is 10.5 Å². The molecular formula is C14H19ClN2O3S. The van der Waals surface area contributed by atoms with Gasteiger partial charge in [-0.1, -0.05) is 11.6 Å². The molecule has 3 N–H and O–H groups in total. The SMILES string of the molecule is Cc1cc(Cl)c(S(=O)(=O)NC2CCOC2C2CC2)cc1N. The molecule has 1 saturated heterocycles. The molecule has 1 aromatic rings. The molecule has 1 saturated carbocycles. The maximum Gasteiger partial charge on any atom is 0.242 e. The third kappa shape index (κ3) is 3.04. The molecule has 0 aromatic heterocycles. The van der Waals surface area contributed by atoms with Crippen molar-refractivity contribution in [1.29, 1.82) is 0 Å². The van der Waals surface area contributed by atoms with E-state index in [0.717, 1.165) is 18.4 Å². The van der Waals surface area contributed by atoms with Crippen molar-refractivity contribution in [1.82, 2.24) is 4.72 Å². The molecule has 21 heavy (non-hydrogen) atoms. The van der Waals surface area contributed by atoms with E-state index in [1.54, 1.807) is 13.0 Å². The number of halogens is 1. The second-order valence-electron chi connectivity index (χ2n) is 5.83. The van der Waals surface area contributed by atoms with Crippen LogP contribution in [0.25, 0.3) is 0 Å². The van der Waals surface area contributed by atoms with Crippen molar-refractivity contribution in [3.63, 3.8) is 0 Å². The zero-order valence-electron chi connectivity index (χ0n) is 11.8. The molecule has 2 aliphatic rings. The highest BCUT2D eigenvalue weighted by molar-refractivity contribution is 7.89. The fourth-order valence-electron chi connectivity index (χ4n) is 2.76. The number of rotatable bonds is 4. The number of sulfonamides is 1. The Morgan fingerprint density at radius 3 is 2.71 bits per heavy atom. The highest BCUT2D eigenvalue weighted by Gasteiger charge is 2.42. The van der Waals surface area contributed by atoms with Gasteiger partial charge in [0.2, 0.25) is 10.0 Å². The Bertz CT molecular complexity index is 658. The number of ether oxygens (including phenoxy) is 1. The van der Waals surface area contributed by atoms with E-state index < -0.39 is 10.0 Å². The zero-order valence-corrected chi connectivity index (χ0v) is 13.4. The Kier molecular flexibility index (Phi) is 3.90. The van der Waals surface area contributed by atoms with Crippen molar-refractivity contribution in [3.05, 3.63) is 22.7 Å². The molecule has 0 bridgehead atoms. The first-order valence-electron chi connectivity index (χ1n) is 7.08. The van der Waals surface area contributed by atoms with Crippen LogP contribution in [0.15, 0.2) is 17.0 Å². The minimum atomic E-state index is -3.69. The van der Waals surface area contributed by atoms with Gasteiger partial charge in [0.05, 0.1) is 17.2 Å². The summed E-state index contributed by atoms with van der Waals surface area (Å²) in [7, 11) is -3.69. The van der Waals surface area contributed by atoms with Crippen LogP contribution in [0.1, 0.15) is 24.8 Å². The number of nitrogens with two attached hydrogens (primary N) is 1. The lowest BCUT2D eigenvalue weighted by atomic mass is 10.1. The lowest BCUT2D eigenvalue weighted by Crippen LogP contribution is -2.41. The summed E-state index contributed by atoms with van der Waals surface area (Å²) in [6.07, 6.45) is 2.91. The van der Waals surface area contributed by atoms with E-state index in [2.05, 4.69) is 4.72 Å². The van der Waals surface area contributed by atoms with Crippen molar-refractivity contribution in [3.8, 4) is 0 Å². The maximum absolute atomic E-state index is 12.6. The van der Waals surface area contributed by atoms with Gasteiger partial charge in [-0.05, 0) is 49.8 Å². The van der Waals surface area contributed by atoms with Crippen molar-refractivity contribution < 1.29 is 13.2 Å². The Morgan fingerprint density at radius 1 is 1.33 bits per heavy atom. The number of hydrogen-bond acceptors (Lipinski definition) is 4. The van der Waals surface area contributed by atoms with E-state index in [0.29, 0.717) is 24.6 Å². The fourth-order valence-corrected chi connectivity index (χ4v) is 4.66. The molecule has 0 radical (unpaired) electrons. The van der Waals surface area contributed by atoms with Crippen LogP contribution in [-0.2, 0) is 14.8 Å². The van der Waals surface area contributed by atoms with Crippen LogP contribution in [0.4, 0.5) is 5.69 Å². The summed E-state index contributed by atoms with van der Waals surface area (Å²) in [5, 5.41) is 0.191. The van der Waals surface area contributed by atoms with E-state index >= 15 is 0 Å². The molecule has 5 nitrogen and oxygen atoms in total. The number of aryl methyl sites for hydroxylation is 1. The van der Waals surface area contributed by atoms with Crippen molar-refractivity contribution in [2.24, 2.45) is 5.92 Å². The summed E-state index contributed by atoms with van der Waals surface area (Å²) >= 11 is 6.08. The monoisotopic (exact) mass is 330 g/mol. The minimum absolute atomic E-state index is 0.0126. The molecule has 116 valence electrons. The maximum atomic E-state index is 12.6. The minimum Gasteiger partial charge on any atom is -0.398 e. The summed E-state index contributed by atoms with van der Waals surface area (Å²) in [5.41, 5.74) is 6.99. The van der Waals surface area contributed by atoms with Gasteiger partial charge in [0.25, 0.3) is 0 Å². The molecule has 1 heterocycles. The third-order valence-corrected chi connectivity index (χ3v) is 6.09. The number of hydrogen-bond donors (Lipinski definition) is 2. The van der Waals surface area contributed by atoms with Crippen LogP contribution in [0, 0.1) is 12.8 Å². The van der Waals surface area contributed by atoms with Gasteiger partial charge in [0, 0.05) is 12.3 Å².